The summed E-state index contributed by atoms with van der Waals surface area (Å²) in [7, 11) is 3.18. The number of benzene rings is 1. The largest absolute Gasteiger partial charge is 0.493 e. The lowest BCUT2D eigenvalue weighted by atomic mass is 10.1. The van der Waals surface area contributed by atoms with Crippen LogP contribution in [0.4, 0.5) is 0 Å². The summed E-state index contributed by atoms with van der Waals surface area (Å²) in [5, 5.41) is 2.81. The maximum atomic E-state index is 10.9. The van der Waals surface area contributed by atoms with Gasteiger partial charge in [0.25, 0.3) is 0 Å². The van der Waals surface area contributed by atoms with Gasteiger partial charge in [0.15, 0.2) is 11.5 Å². The standard InChI is InChI=1S/C12H17NO3/c1-8(13-9(2)14)10-5-6-11(15-3)12(7-10)16-4/h5-8H,1-4H3,(H,13,14). The molecule has 4 nitrogen and oxygen atoms in total. The predicted octanol–water partition coefficient (Wildman–Crippen LogP) is 1.90. The summed E-state index contributed by atoms with van der Waals surface area (Å²) in [6.07, 6.45) is 0. The molecule has 0 bridgehead atoms. The van der Waals surface area contributed by atoms with Gasteiger partial charge in [0.05, 0.1) is 20.3 Å². The average Bonchev–Trinajstić information content (AvgIpc) is 2.27. The van der Waals surface area contributed by atoms with Crippen LogP contribution in [0, 0.1) is 0 Å². The molecule has 0 aliphatic carbocycles. The zero-order valence-corrected chi connectivity index (χ0v) is 10.0. The second kappa shape index (κ2) is 5.39. The molecular weight excluding hydrogens is 206 g/mol. The van der Waals surface area contributed by atoms with Crippen LogP contribution in [0.5, 0.6) is 11.5 Å². The molecule has 0 saturated carbocycles. The molecule has 0 aliphatic heterocycles. The van der Waals surface area contributed by atoms with Crippen molar-refractivity contribution in [1.82, 2.24) is 5.32 Å². The highest BCUT2D eigenvalue weighted by molar-refractivity contribution is 5.73. The van der Waals surface area contributed by atoms with Crippen molar-refractivity contribution in [3.05, 3.63) is 23.8 Å². The van der Waals surface area contributed by atoms with Crippen LogP contribution < -0.4 is 14.8 Å². The highest BCUT2D eigenvalue weighted by atomic mass is 16.5. The molecule has 0 aromatic heterocycles. The molecule has 0 radical (unpaired) electrons. The fourth-order valence-electron chi connectivity index (χ4n) is 1.51. The lowest BCUT2D eigenvalue weighted by Crippen LogP contribution is -2.23. The Kier molecular flexibility index (Phi) is 4.17. The molecule has 4 heteroatoms. The van der Waals surface area contributed by atoms with E-state index >= 15 is 0 Å². The molecule has 1 rings (SSSR count). The SMILES string of the molecule is COc1ccc(C(C)NC(C)=O)cc1OC. The van der Waals surface area contributed by atoms with E-state index in [-0.39, 0.29) is 11.9 Å². The lowest BCUT2D eigenvalue weighted by Gasteiger charge is -2.15. The van der Waals surface area contributed by atoms with E-state index in [9.17, 15) is 4.79 Å². The van der Waals surface area contributed by atoms with Crippen molar-refractivity contribution >= 4 is 5.91 Å². The predicted molar refractivity (Wildman–Crippen MR) is 61.8 cm³/mol. The van der Waals surface area contributed by atoms with Crippen LogP contribution in [-0.4, -0.2) is 20.1 Å². The summed E-state index contributed by atoms with van der Waals surface area (Å²) in [4.78, 5) is 10.9. The van der Waals surface area contributed by atoms with E-state index in [4.69, 9.17) is 9.47 Å². The average molecular weight is 223 g/mol. The fourth-order valence-corrected chi connectivity index (χ4v) is 1.51. The zero-order chi connectivity index (χ0) is 12.1. The second-order valence-electron chi connectivity index (χ2n) is 3.54. The smallest absolute Gasteiger partial charge is 0.217 e. The number of nitrogens with one attached hydrogen (secondary N) is 1. The summed E-state index contributed by atoms with van der Waals surface area (Å²) >= 11 is 0. The van der Waals surface area contributed by atoms with Crippen molar-refractivity contribution in [2.75, 3.05) is 14.2 Å². The Morgan fingerprint density at radius 1 is 1.25 bits per heavy atom. The number of rotatable bonds is 4. The number of hydrogen-bond acceptors (Lipinski definition) is 3. The first-order valence-electron chi connectivity index (χ1n) is 5.07. The number of carbonyl (C=O) groups is 1. The van der Waals surface area contributed by atoms with Crippen molar-refractivity contribution < 1.29 is 14.3 Å². The Labute approximate surface area is 95.6 Å². The van der Waals surface area contributed by atoms with Crippen LogP contribution in [0.15, 0.2) is 18.2 Å². The molecule has 1 N–H and O–H groups in total. The van der Waals surface area contributed by atoms with Gasteiger partial charge < -0.3 is 14.8 Å². The number of carbonyl (C=O) groups excluding carboxylic acids is 1. The maximum absolute atomic E-state index is 10.9. The highest BCUT2D eigenvalue weighted by Gasteiger charge is 2.10. The summed E-state index contributed by atoms with van der Waals surface area (Å²) in [5.41, 5.74) is 0.979. The first-order chi connectivity index (χ1) is 7.58. The number of methoxy groups -OCH3 is 2. The first-order valence-corrected chi connectivity index (χ1v) is 5.07. The van der Waals surface area contributed by atoms with Crippen LogP contribution in [-0.2, 0) is 4.79 Å². The molecule has 88 valence electrons. The molecule has 0 aliphatic rings. The minimum absolute atomic E-state index is 0.0442. The van der Waals surface area contributed by atoms with E-state index in [1.807, 2.05) is 25.1 Å². The van der Waals surface area contributed by atoms with Gasteiger partial charge in [-0.25, -0.2) is 0 Å². The molecular formula is C12H17NO3. The van der Waals surface area contributed by atoms with E-state index in [0.717, 1.165) is 5.56 Å². The molecule has 0 saturated heterocycles. The molecule has 16 heavy (non-hydrogen) atoms. The van der Waals surface area contributed by atoms with Crippen molar-refractivity contribution in [1.29, 1.82) is 0 Å². The van der Waals surface area contributed by atoms with Crippen LogP contribution in [0.2, 0.25) is 0 Å². The van der Waals surface area contributed by atoms with E-state index in [2.05, 4.69) is 5.32 Å². The van der Waals surface area contributed by atoms with Gasteiger partial charge >= 0.3 is 0 Å². The minimum atomic E-state index is -0.0534. The summed E-state index contributed by atoms with van der Waals surface area (Å²) < 4.78 is 10.3. The van der Waals surface area contributed by atoms with Crippen molar-refractivity contribution in [2.45, 2.75) is 19.9 Å². The van der Waals surface area contributed by atoms with Crippen molar-refractivity contribution in [2.24, 2.45) is 0 Å². The van der Waals surface area contributed by atoms with Crippen LogP contribution >= 0.6 is 0 Å². The van der Waals surface area contributed by atoms with Crippen molar-refractivity contribution in [3.8, 4) is 11.5 Å². The normalized spacial score (nSPS) is 11.8. The monoisotopic (exact) mass is 223 g/mol. The molecule has 1 aromatic carbocycles. The van der Waals surface area contributed by atoms with Gasteiger partial charge in [-0.05, 0) is 24.6 Å². The molecule has 1 aromatic rings. The fraction of sp³-hybridized carbons (Fsp3) is 0.417. The van der Waals surface area contributed by atoms with Crippen molar-refractivity contribution in [3.63, 3.8) is 0 Å². The van der Waals surface area contributed by atoms with Gasteiger partial charge in [-0.1, -0.05) is 6.07 Å². The molecule has 0 spiro atoms. The van der Waals surface area contributed by atoms with Crippen LogP contribution in [0.1, 0.15) is 25.5 Å². The number of ether oxygens (including phenoxy) is 2. The van der Waals surface area contributed by atoms with Crippen LogP contribution in [0.25, 0.3) is 0 Å². The minimum Gasteiger partial charge on any atom is -0.493 e. The Morgan fingerprint density at radius 3 is 2.38 bits per heavy atom. The van der Waals surface area contributed by atoms with E-state index < -0.39 is 0 Å². The highest BCUT2D eigenvalue weighted by Crippen LogP contribution is 2.29. The van der Waals surface area contributed by atoms with Gasteiger partial charge in [-0.2, -0.15) is 0 Å². The van der Waals surface area contributed by atoms with Gasteiger partial charge in [-0.15, -0.1) is 0 Å². The third kappa shape index (κ3) is 2.89. The van der Waals surface area contributed by atoms with Gasteiger partial charge in [0.1, 0.15) is 0 Å². The summed E-state index contributed by atoms with van der Waals surface area (Å²) in [6, 6.07) is 5.55. The topological polar surface area (TPSA) is 47.6 Å². The van der Waals surface area contributed by atoms with E-state index in [0.29, 0.717) is 11.5 Å². The van der Waals surface area contributed by atoms with Crippen LogP contribution in [0.3, 0.4) is 0 Å². The maximum Gasteiger partial charge on any atom is 0.217 e. The van der Waals surface area contributed by atoms with E-state index in [1.165, 1.54) is 6.92 Å². The Morgan fingerprint density at radius 2 is 1.88 bits per heavy atom. The summed E-state index contributed by atoms with van der Waals surface area (Å²) in [5.74, 6) is 1.29. The second-order valence-corrected chi connectivity index (χ2v) is 3.54. The summed E-state index contributed by atoms with van der Waals surface area (Å²) in [6.45, 7) is 3.42. The quantitative estimate of drug-likeness (QED) is 0.848. The van der Waals surface area contributed by atoms with E-state index in [1.54, 1.807) is 14.2 Å². The molecule has 1 atom stereocenters. The number of hydrogen-bond donors (Lipinski definition) is 1. The van der Waals surface area contributed by atoms with Gasteiger partial charge in [-0.3, -0.25) is 4.79 Å². The Balaban J connectivity index is 2.93. The molecule has 0 heterocycles. The first kappa shape index (κ1) is 12.4. The zero-order valence-electron chi connectivity index (χ0n) is 10.0. The molecule has 1 unspecified atom stereocenters. The molecule has 1 amide bonds. The van der Waals surface area contributed by atoms with Gasteiger partial charge in [0.2, 0.25) is 5.91 Å². The number of amides is 1. The lowest BCUT2D eigenvalue weighted by molar-refractivity contribution is -0.119. The third-order valence-electron chi connectivity index (χ3n) is 2.33. The third-order valence-corrected chi connectivity index (χ3v) is 2.33. The molecule has 0 fully saturated rings. The van der Waals surface area contributed by atoms with Gasteiger partial charge in [0, 0.05) is 6.92 Å². The Bertz CT molecular complexity index is 377. The Hall–Kier alpha value is -1.71.